The summed E-state index contributed by atoms with van der Waals surface area (Å²) in [5, 5.41) is 0.901. The van der Waals surface area contributed by atoms with Crippen LogP contribution in [0.2, 0.25) is 0 Å². The largest absolute Gasteiger partial charge is 0.462 e. The van der Waals surface area contributed by atoms with Crippen molar-refractivity contribution in [2.24, 2.45) is 11.3 Å². The van der Waals surface area contributed by atoms with Crippen LogP contribution in [-0.2, 0) is 22.4 Å². The van der Waals surface area contributed by atoms with Gasteiger partial charge in [-0.3, -0.25) is 4.79 Å². The fourth-order valence-electron chi connectivity index (χ4n) is 3.33. The van der Waals surface area contributed by atoms with E-state index in [1.54, 1.807) is 0 Å². The number of nitrogens with one attached hydrogen (secondary N) is 1. The third kappa shape index (κ3) is 4.68. The van der Waals surface area contributed by atoms with Crippen LogP contribution in [0.3, 0.4) is 0 Å². The number of halogens is 7. The van der Waals surface area contributed by atoms with Gasteiger partial charge in [-0.25, -0.2) is 4.79 Å². The summed E-state index contributed by atoms with van der Waals surface area (Å²) in [5.74, 6) is -16.4. The first-order valence-corrected chi connectivity index (χ1v) is 10.2. The number of hydrogen-bond donors (Lipinski definition) is 1. The summed E-state index contributed by atoms with van der Waals surface area (Å²) in [6.45, 7) is 7.35. The number of alkyl halides is 7. The van der Waals surface area contributed by atoms with Gasteiger partial charge in [0.25, 0.3) is 0 Å². The molecule has 0 radical (unpaired) electrons. The molecule has 31 heavy (non-hydrogen) atoms. The van der Waals surface area contributed by atoms with Crippen LogP contribution in [0.15, 0.2) is 0 Å². The van der Waals surface area contributed by atoms with Gasteiger partial charge >= 0.3 is 29.9 Å². The number of ether oxygens (including phenoxy) is 1. The normalized spacial score (nSPS) is 17.8. The zero-order valence-electron chi connectivity index (χ0n) is 17.2. The minimum absolute atomic E-state index is 0.0935. The fraction of sp³-hybridized carbons (Fsp3) is 0.684. The smallest absolute Gasteiger partial charge is 0.460 e. The van der Waals surface area contributed by atoms with Crippen molar-refractivity contribution < 1.29 is 45.1 Å². The van der Waals surface area contributed by atoms with Crippen LogP contribution in [0.25, 0.3) is 0 Å². The van der Waals surface area contributed by atoms with Gasteiger partial charge in [0.2, 0.25) is 0 Å². The van der Waals surface area contributed by atoms with Crippen LogP contribution in [0.4, 0.5) is 35.7 Å². The number of fused-ring (bicyclic) bond motifs is 1. The molecular weight excluding hydrogens is 455 g/mol. The molecule has 1 aromatic heterocycles. The highest BCUT2D eigenvalue weighted by Crippen LogP contribution is 2.48. The summed E-state index contributed by atoms with van der Waals surface area (Å²) in [6, 6.07) is 0. The maximum absolute atomic E-state index is 13.8. The molecule has 0 spiro atoms. The maximum atomic E-state index is 13.8. The first-order chi connectivity index (χ1) is 13.9. The Balaban J connectivity index is 2.46. The number of anilines is 1. The quantitative estimate of drug-likeness (QED) is 0.428. The molecule has 12 heteroatoms. The van der Waals surface area contributed by atoms with E-state index < -0.39 is 34.9 Å². The van der Waals surface area contributed by atoms with Crippen LogP contribution in [0, 0.1) is 11.3 Å². The monoisotopic (exact) mass is 477 g/mol. The second kappa shape index (κ2) is 8.25. The van der Waals surface area contributed by atoms with Crippen molar-refractivity contribution in [3.63, 3.8) is 0 Å². The molecule has 0 fully saturated rings. The predicted molar refractivity (Wildman–Crippen MR) is 99.8 cm³/mol. The standard InChI is InChI=1S/C19H22F7NO3S/c1-5-30-14(28)12-10-7-6-9(16(2,3)4)8-11(10)31-13(12)27-15(29)17(20,21)18(22,23)19(24,25)26/h9H,5-8H2,1-4H3,(H,27,29). The number of amides is 1. The molecule has 2 rings (SSSR count). The van der Waals surface area contributed by atoms with Crippen molar-refractivity contribution >= 4 is 28.2 Å². The SMILES string of the molecule is CCOC(=O)c1c(NC(=O)C(F)(F)C(F)(F)C(F)(F)F)sc2c1CCC(C(C)(C)C)C2. The molecule has 0 saturated heterocycles. The van der Waals surface area contributed by atoms with Gasteiger partial charge in [-0.05, 0) is 43.1 Å². The van der Waals surface area contributed by atoms with Crippen LogP contribution in [-0.4, -0.2) is 36.5 Å². The van der Waals surface area contributed by atoms with Crippen molar-refractivity contribution in [1.82, 2.24) is 0 Å². The Hall–Kier alpha value is -1.85. The predicted octanol–water partition coefficient (Wildman–Crippen LogP) is 5.85. The van der Waals surface area contributed by atoms with Crippen molar-refractivity contribution in [3.05, 3.63) is 16.0 Å². The second-order valence-corrected chi connectivity index (χ2v) is 9.44. The Morgan fingerprint density at radius 1 is 1.10 bits per heavy atom. The molecule has 1 amide bonds. The molecule has 1 unspecified atom stereocenters. The van der Waals surface area contributed by atoms with E-state index in [9.17, 15) is 40.3 Å². The van der Waals surface area contributed by atoms with E-state index >= 15 is 0 Å². The molecular formula is C19H22F7NO3S. The Kier molecular flexibility index (Phi) is 6.76. The van der Waals surface area contributed by atoms with E-state index in [-0.39, 0.29) is 23.5 Å². The lowest BCUT2D eigenvalue weighted by Crippen LogP contribution is -2.57. The van der Waals surface area contributed by atoms with Crippen molar-refractivity contribution in [1.29, 1.82) is 0 Å². The molecule has 0 saturated carbocycles. The Labute approximate surface area is 178 Å². The third-order valence-electron chi connectivity index (χ3n) is 5.23. The van der Waals surface area contributed by atoms with Gasteiger partial charge in [0.1, 0.15) is 5.00 Å². The summed E-state index contributed by atoms with van der Waals surface area (Å²) >= 11 is 0.706. The van der Waals surface area contributed by atoms with Crippen LogP contribution < -0.4 is 5.32 Å². The number of hydrogen-bond acceptors (Lipinski definition) is 4. The Morgan fingerprint density at radius 2 is 1.68 bits per heavy atom. The van der Waals surface area contributed by atoms with E-state index in [4.69, 9.17) is 4.74 Å². The minimum Gasteiger partial charge on any atom is -0.462 e. The lowest BCUT2D eigenvalue weighted by molar-refractivity contribution is -0.343. The average molecular weight is 477 g/mol. The molecule has 1 aliphatic rings. The van der Waals surface area contributed by atoms with Crippen molar-refractivity contribution in [2.45, 2.75) is 65.0 Å². The molecule has 4 nitrogen and oxygen atoms in total. The van der Waals surface area contributed by atoms with Crippen LogP contribution >= 0.6 is 11.3 Å². The molecule has 0 aromatic carbocycles. The molecule has 0 aliphatic heterocycles. The molecule has 1 aromatic rings. The third-order valence-corrected chi connectivity index (χ3v) is 6.40. The number of rotatable bonds is 5. The highest BCUT2D eigenvalue weighted by molar-refractivity contribution is 7.17. The zero-order chi connectivity index (χ0) is 24.0. The summed E-state index contributed by atoms with van der Waals surface area (Å²) in [5.41, 5.74) is 0.00981. The molecule has 1 aliphatic carbocycles. The van der Waals surface area contributed by atoms with Crippen LogP contribution in [0.5, 0.6) is 0 Å². The van der Waals surface area contributed by atoms with Gasteiger partial charge in [0, 0.05) is 4.88 Å². The topological polar surface area (TPSA) is 55.4 Å². The number of esters is 1. The summed E-state index contributed by atoms with van der Waals surface area (Å²) < 4.78 is 96.0. The molecule has 1 atom stereocenters. The minimum atomic E-state index is -6.65. The first-order valence-electron chi connectivity index (χ1n) is 9.40. The Bertz CT molecular complexity index is 856. The molecule has 176 valence electrons. The van der Waals surface area contributed by atoms with Gasteiger partial charge < -0.3 is 10.1 Å². The van der Waals surface area contributed by atoms with Crippen molar-refractivity contribution in [2.75, 3.05) is 11.9 Å². The maximum Gasteiger partial charge on any atom is 0.460 e. The zero-order valence-corrected chi connectivity index (χ0v) is 18.0. The van der Waals surface area contributed by atoms with E-state index in [0.29, 0.717) is 41.0 Å². The van der Waals surface area contributed by atoms with E-state index in [0.717, 1.165) is 0 Å². The first kappa shape index (κ1) is 25.4. The summed E-state index contributed by atoms with van der Waals surface area (Å²) in [4.78, 5) is 24.8. The Morgan fingerprint density at radius 3 is 2.16 bits per heavy atom. The van der Waals surface area contributed by atoms with Crippen LogP contribution in [0.1, 0.15) is 54.9 Å². The fourth-order valence-corrected chi connectivity index (χ4v) is 4.65. The van der Waals surface area contributed by atoms with Gasteiger partial charge in [0.15, 0.2) is 0 Å². The lowest BCUT2D eigenvalue weighted by Gasteiger charge is -2.33. The average Bonchev–Trinajstić information content (AvgIpc) is 2.96. The molecule has 1 heterocycles. The number of thiophene rings is 1. The number of carbonyl (C=O) groups excluding carboxylic acids is 2. The van der Waals surface area contributed by atoms with Gasteiger partial charge in [0.05, 0.1) is 12.2 Å². The van der Waals surface area contributed by atoms with E-state index in [1.165, 1.54) is 12.2 Å². The second-order valence-electron chi connectivity index (χ2n) is 8.33. The summed E-state index contributed by atoms with van der Waals surface area (Å²) in [6.07, 6.45) is -5.24. The van der Waals surface area contributed by atoms with Gasteiger partial charge in [-0.1, -0.05) is 20.8 Å². The lowest BCUT2D eigenvalue weighted by atomic mass is 9.72. The summed E-state index contributed by atoms with van der Waals surface area (Å²) in [7, 11) is 0. The highest BCUT2D eigenvalue weighted by atomic mass is 32.1. The van der Waals surface area contributed by atoms with E-state index in [2.05, 4.69) is 0 Å². The van der Waals surface area contributed by atoms with E-state index in [1.807, 2.05) is 20.8 Å². The number of carbonyl (C=O) groups is 2. The molecule has 1 N–H and O–H groups in total. The van der Waals surface area contributed by atoms with Gasteiger partial charge in [-0.15, -0.1) is 11.3 Å². The molecule has 0 bridgehead atoms. The van der Waals surface area contributed by atoms with Crippen molar-refractivity contribution in [3.8, 4) is 0 Å². The highest BCUT2D eigenvalue weighted by Gasteiger charge is 2.76. The van der Waals surface area contributed by atoms with Gasteiger partial charge in [-0.2, -0.15) is 30.7 Å².